The van der Waals surface area contributed by atoms with Gasteiger partial charge in [0.2, 0.25) is 0 Å². The molecule has 0 fully saturated rings. The fourth-order valence-corrected chi connectivity index (χ4v) is 3.27. The van der Waals surface area contributed by atoms with Gasteiger partial charge in [0, 0.05) is 12.6 Å². The molecule has 0 radical (unpaired) electrons. The van der Waals surface area contributed by atoms with Crippen LogP contribution in [0.5, 0.6) is 0 Å². The van der Waals surface area contributed by atoms with E-state index in [1.807, 2.05) is 0 Å². The largest absolute Gasteiger partial charge is 0.313 e. The van der Waals surface area contributed by atoms with E-state index in [1.165, 1.54) is 35.1 Å². The lowest BCUT2D eigenvalue weighted by Gasteiger charge is -2.20. The van der Waals surface area contributed by atoms with Gasteiger partial charge < -0.3 is 10.6 Å². The maximum atomic E-state index is 3.75. The molecule has 2 nitrogen and oxygen atoms in total. The molecule has 1 aliphatic heterocycles. The van der Waals surface area contributed by atoms with Crippen molar-refractivity contribution in [2.75, 3.05) is 13.1 Å². The second kappa shape index (κ2) is 7.57. The van der Waals surface area contributed by atoms with Crippen LogP contribution < -0.4 is 10.6 Å². The van der Waals surface area contributed by atoms with Crippen LogP contribution in [0, 0.1) is 0 Å². The molecule has 2 aromatic carbocycles. The van der Waals surface area contributed by atoms with Crippen LogP contribution in [0.3, 0.4) is 0 Å². The lowest BCUT2D eigenvalue weighted by atomic mass is 9.92. The summed E-state index contributed by atoms with van der Waals surface area (Å²) in [5.41, 5.74) is 5.82. The molecule has 0 saturated heterocycles. The van der Waals surface area contributed by atoms with Gasteiger partial charge >= 0.3 is 0 Å². The molecule has 116 valence electrons. The van der Waals surface area contributed by atoms with E-state index < -0.39 is 0 Å². The smallest absolute Gasteiger partial charge is 0.0363 e. The Morgan fingerprint density at radius 2 is 1.95 bits per heavy atom. The van der Waals surface area contributed by atoms with Gasteiger partial charge in [-0.15, -0.1) is 0 Å². The highest BCUT2D eigenvalue weighted by molar-refractivity contribution is 5.36. The molecule has 2 aromatic rings. The van der Waals surface area contributed by atoms with Gasteiger partial charge in [-0.2, -0.15) is 0 Å². The molecule has 3 rings (SSSR count). The predicted octanol–water partition coefficient (Wildman–Crippen LogP) is 3.62. The Bertz CT molecular complexity index is 592. The van der Waals surface area contributed by atoms with Gasteiger partial charge in [0.25, 0.3) is 0 Å². The molecule has 0 bridgehead atoms. The van der Waals surface area contributed by atoms with Crippen LogP contribution in [0.25, 0.3) is 0 Å². The summed E-state index contributed by atoms with van der Waals surface area (Å²) >= 11 is 0. The zero-order chi connectivity index (χ0) is 15.2. The minimum Gasteiger partial charge on any atom is -0.313 e. The van der Waals surface area contributed by atoms with Crippen molar-refractivity contribution in [2.24, 2.45) is 0 Å². The van der Waals surface area contributed by atoms with Crippen molar-refractivity contribution >= 4 is 0 Å². The van der Waals surface area contributed by atoms with Crippen molar-refractivity contribution in [3.05, 3.63) is 70.8 Å². The molecule has 22 heavy (non-hydrogen) atoms. The summed E-state index contributed by atoms with van der Waals surface area (Å²) in [7, 11) is 0. The second-order valence-corrected chi connectivity index (χ2v) is 6.11. The molecule has 0 aromatic heterocycles. The van der Waals surface area contributed by atoms with Crippen LogP contribution in [0.15, 0.2) is 48.5 Å². The molecular formula is C20H26N2. The standard InChI is InChI=1S/C20H26N2/c1-2-21-15-17-10-11-18-9-6-12-22-20(19(18)13-17)14-16-7-4-3-5-8-16/h3-5,7-8,10-11,13,20-22H,2,6,9,12,14-15H2,1H3. The average molecular weight is 294 g/mol. The number of hydrogen-bond donors (Lipinski definition) is 2. The Morgan fingerprint density at radius 3 is 2.77 bits per heavy atom. The van der Waals surface area contributed by atoms with Crippen molar-refractivity contribution in [1.29, 1.82) is 0 Å². The monoisotopic (exact) mass is 294 g/mol. The summed E-state index contributed by atoms with van der Waals surface area (Å²) in [5, 5.41) is 7.18. The van der Waals surface area contributed by atoms with E-state index in [0.29, 0.717) is 6.04 Å². The molecule has 0 aliphatic carbocycles. The molecule has 1 heterocycles. The first-order valence-corrected chi connectivity index (χ1v) is 8.46. The van der Waals surface area contributed by atoms with E-state index in [9.17, 15) is 0 Å². The number of hydrogen-bond acceptors (Lipinski definition) is 2. The summed E-state index contributed by atoms with van der Waals surface area (Å²) in [6, 6.07) is 18.3. The topological polar surface area (TPSA) is 24.1 Å². The van der Waals surface area contributed by atoms with Gasteiger partial charge in [-0.05, 0) is 54.6 Å². The van der Waals surface area contributed by atoms with E-state index in [2.05, 4.69) is 66.1 Å². The van der Waals surface area contributed by atoms with Crippen LogP contribution in [-0.4, -0.2) is 13.1 Å². The summed E-state index contributed by atoms with van der Waals surface area (Å²) in [4.78, 5) is 0. The van der Waals surface area contributed by atoms with Gasteiger partial charge in [-0.3, -0.25) is 0 Å². The normalized spacial score (nSPS) is 17.8. The summed E-state index contributed by atoms with van der Waals surface area (Å²) in [6.07, 6.45) is 3.48. The maximum Gasteiger partial charge on any atom is 0.0363 e. The van der Waals surface area contributed by atoms with Crippen LogP contribution in [0.1, 0.15) is 41.6 Å². The van der Waals surface area contributed by atoms with Crippen LogP contribution in [0.4, 0.5) is 0 Å². The lowest BCUT2D eigenvalue weighted by molar-refractivity contribution is 0.539. The van der Waals surface area contributed by atoms with Crippen molar-refractivity contribution in [1.82, 2.24) is 10.6 Å². The molecule has 2 heteroatoms. The zero-order valence-electron chi connectivity index (χ0n) is 13.4. The quantitative estimate of drug-likeness (QED) is 0.880. The van der Waals surface area contributed by atoms with Gasteiger partial charge in [0.1, 0.15) is 0 Å². The van der Waals surface area contributed by atoms with Crippen LogP contribution in [-0.2, 0) is 19.4 Å². The number of aryl methyl sites for hydroxylation is 1. The summed E-state index contributed by atoms with van der Waals surface area (Å²) in [6.45, 7) is 5.24. The third-order valence-electron chi connectivity index (χ3n) is 4.46. The van der Waals surface area contributed by atoms with Crippen LogP contribution in [0.2, 0.25) is 0 Å². The first-order valence-electron chi connectivity index (χ1n) is 8.46. The van der Waals surface area contributed by atoms with Crippen molar-refractivity contribution in [2.45, 2.75) is 38.8 Å². The average Bonchev–Trinajstić information content (AvgIpc) is 2.76. The van der Waals surface area contributed by atoms with Crippen LogP contribution >= 0.6 is 0 Å². The highest BCUT2D eigenvalue weighted by Crippen LogP contribution is 2.27. The highest BCUT2D eigenvalue weighted by Gasteiger charge is 2.18. The first-order chi connectivity index (χ1) is 10.9. The fourth-order valence-electron chi connectivity index (χ4n) is 3.27. The van der Waals surface area contributed by atoms with Gasteiger partial charge in [0.15, 0.2) is 0 Å². The first kappa shape index (κ1) is 15.3. The van der Waals surface area contributed by atoms with E-state index in [-0.39, 0.29) is 0 Å². The number of benzene rings is 2. The minimum atomic E-state index is 0.432. The highest BCUT2D eigenvalue weighted by atomic mass is 14.9. The minimum absolute atomic E-state index is 0.432. The van der Waals surface area contributed by atoms with Crippen molar-refractivity contribution in [3.8, 4) is 0 Å². The zero-order valence-corrected chi connectivity index (χ0v) is 13.4. The van der Waals surface area contributed by atoms with E-state index in [4.69, 9.17) is 0 Å². The Balaban J connectivity index is 1.85. The van der Waals surface area contributed by atoms with E-state index in [1.54, 1.807) is 0 Å². The third kappa shape index (κ3) is 3.76. The molecule has 1 aliphatic rings. The molecular weight excluding hydrogens is 268 g/mol. The number of rotatable bonds is 5. The van der Waals surface area contributed by atoms with Gasteiger partial charge in [-0.1, -0.05) is 55.5 Å². The fraction of sp³-hybridized carbons (Fsp3) is 0.400. The van der Waals surface area contributed by atoms with Gasteiger partial charge in [-0.25, -0.2) is 0 Å². The van der Waals surface area contributed by atoms with E-state index >= 15 is 0 Å². The van der Waals surface area contributed by atoms with Crippen molar-refractivity contribution < 1.29 is 0 Å². The Kier molecular flexibility index (Phi) is 5.25. The lowest BCUT2D eigenvalue weighted by Crippen LogP contribution is -2.23. The number of nitrogens with one attached hydrogen (secondary N) is 2. The van der Waals surface area contributed by atoms with E-state index in [0.717, 1.165) is 26.1 Å². The maximum absolute atomic E-state index is 3.75. The van der Waals surface area contributed by atoms with Crippen molar-refractivity contribution in [3.63, 3.8) is 0 Å². The molecule has 0 saturated carbocycles. The Hall–Kier alpha value is -1.64. The second-order valence-electron chi connectivity index (χ2n) is 6.11. The Morgan fingerprint density at radius 1 is 1.09 bits per heavy atom. The summed E-state index contributed by atoms with van der Waals surface area (Å²) < 4.78 is 0. The molecule has 0 spiro atoms. The third-order valence-corrected chi connectivity index (χ3v) is 4.46. The molecule has 1 unspecified atom stereocenters. The Labute approximate surface area is 134 Å². The van der Waals surface area contributed by atoms with Gasteiger partial charge in [0.05, 0.1) is 0 Å². The predicted molar refractivity (Wildman–Crippen MR) is 93.0 cm³/mol. The number of fused-ring (bicyclic) bond motifs is 1. The molecule has 2 N–H and O–H groups in total. The molecule has 1 atom stereocenters. The summed E-state index contributed by atoms with van der Waals surface area (Å²) in [5.74, 6) is 0. The SMILES string of the molecule is CCNCc1ccc2c(c1)C(Cc1ccccc1)NCCC2. The molecule has 0 amide bonds.